The van der Waals surface area contributed by atoms with Crippen molar-refractivity contribution in [3.05, 3.63) is 90.9 Å². The number of anilines is 1. The van der Waals surface area contributed by atoms with Crippen molar-refractivity contribution >= 4 is 27.4 Å². The molecule has 2 aromatic carbocycles. The Hall–Kier alpha value is -3.65. The molecule has 0 atom stereocenters. The van der Waals surface area contributed by atoms with Crippen LogP contribution in [0.2, 0.25) is 0 Å². The summed E-state index contributed by atoms with van der Waals surface area (Å²) in [6.45, 7) is 3.91. The summed E-state index contributed by atoms with van der Waals surface area (Å²) < 4.78 is 35.5. The Kier molecular flexibility index (Phi) is 5.24. The number of nitrogens with zero attached hydrogens (tertiary/aromatic N) is 4. The maximum atomic E-state index is 13.6. The van der Waals surface area contributed by atoms with Gasteiger partial charge >= 0.3 is 0 Å². The summed E-state index contributed by atoms with van der Waals surface area (Å²) in [5.74, 6) is 0.573. The van der Waals surface area contributed by atoms with E-state index in [-0.39, 0.29) is 11.4 Å². The summed E-state index contributed by atoms with van der Waals surface area (Å²) in [5, 5.41) is 7.75. The zero-order chi connectivity index (χ0) is 21.1. The Morgan fingerprint density at radius 1 is 1.13 bits per heavy atom. The second-order valence-electron chi connectivity index (χ2n) is 6.62. The van der Waals surface area contributed by atoms with E-state index in [0.717, 1.165) is 11.1 Å². The molecule has 0 aliphatic carbocycles. The summed E-state index contributed by atoms with van der Waals surface area (Å²) in [6, 6.07) is 17.7. The minimum absolute atomic E-state index is 0.139. The van der Waals surface area contributed by atoms with Gasteiger partial charge in [0.15, 0.2) is 5.65 Å². The van der Waals surface area contributed by atoms with Crippen LogP contribution in [0.3, 0.4) is 0 Å². The fourth-order valence-corrected chi connectivity index (χ4v) is 4.54. The number of fused-ring (bicyclic) bond motifs is 1. The Morgan fingerprint density at radius 2 is 1.93 bits per heavy atom. The fourth-order valence-electron chi connectivity index (χ4n) is 3.09. The molecule has 4 rings (SSSR count). The molecule has 0 saturated carbocycles. The molecule has 4 aromatic rings. The molecule has 0 saturated heterocycles. The summed E-state index contributed by atoms with van der Waals surface area (Å²) in [5.41, 5.74) is 2.89. The summed E-state index contributed by atoms with van der Waals surface area (Å²) in [4.78, 5) is 0.139. The van der Waals surface area contributed by atoms with Gasteiger partial charge in [-0.2, -0.15) is 0 Å². The SMILES string of the molecule is C=Cc1ccc(CN(c2cccc(OC)c2)S(=O)(=O)c2ccc3nncn3c2)cc1. The van der Waals surface area contributed by atoms with E-state index in [1.807, 2.05) is 24.3 Å². The molecule has 0 aliphatic heterocycles. The van der Waals surface area contributed by atoms with Crippen molar-refractivity contribution in [3.8, 4) is 5.75 Å². The average molecular weight is 420 g/mol. The zero-order valence-corrected chi connectivity index (χ0v) is 17.2. The molecule has 0 radical (unpaired) electrons. The van der Waals surface area contributed by atoms with E-state index >= 15 is 0 Å². The van der Waals surface area contributed by atoms with E-state index in [2.05, 4.69) is 16.8 Å². The number of sulfonamides is 1. The third kappa shape index (κ3) is 3.77. The van der Waals surface area contributed by atoms with Gasteiger partial charge in [-0.15, -0.1) is 10.2 Å². The summed E-state index contributed by atoms with van der Waals surface area (Å²) >= 11 is 0. The second kappa shape index (κ2) is 8.00. The van der Waals surface area contributed by atoms with Crippen molar-refractivity contribution in [1.29, 1.82) is 0 Å². The normalized spacial score (nSPS) is 11.4. The number of rotatable bonds is 7. The lowest BCUT2D eigenvalue weighted by Crippen LogP contribution is -2.30. The van der Waals surface area contributed by atoms with Crippen molar-refractivity contribution in [1.82, 2.24) is 14.6 Å². The first-order valence-corrected chi connectivity index (χ1v) is 10.6. The molecule has 0 spiro atoms. The predicted octanol–water partition coefficient (Wildman–Crippen LogP) is 3.78. The van der Waals surface area contributed by atoms with Gasteiger partial charge < -0.3 is 4.74 Å². The van der Waals surface area contributed by atoms with Gasteiger partial charge in [0.1, 0.15) is 17.0 Å². The summed E-state index contributed by atoms with van der Waals surface area (Å²) in [7, 11) is -2.33. The molecule has 7 nitrogen and oxygen atoms in total. The van der Waals surface area contributed by atoms with E-state index in [0.29, 0.717) is 17.1 Å². The molecule has 2 heterocycles. The van der Waals surface area contributed by atoms with Gasteiger partial charge in [0, 0.05) is 12.3 Å². The quantitative estimate of drug-likeness (QED) is 0.455. The van der Waals surface area contributed by atoms with E-state index in [4.69, 9.17) is 4.74 Å². The van der Waals surface area contributed by atoms with Crippen LogP contribution in [0.1, 0.15) is 11.1 Å². The maximum absolute atomic E-state index is 13.6. The Bertz CT molecular complexity index is 1300. The lowest BCUT2D eigenvalue weighted by Gasteiger charge is -2.25. The van der Waals surface area contributed by atoms with Gasteiger partial charge in [0.05, 0.1) is 19.3 Å². The van der Waals surface area contributed by atoms with Crippen molar-refractivity contribution in [2.24, 2.45) is 0 Å². The van der Waals surface area contributed by atoms with E-state index in [1.54, 1.807) is 47.9 Å². The molecular formula is C22H20N4O3S. The van der Waals surface area contributed by atoms with Crippen LogP contribution in [0, 0.1) is 0 Å². The molecule has 152 valence electrons. The lowest BCUT2D eigenvalue weighted by atomic mass is 10.1. The van der Waals surface area contributed by atoms with Crippen LogP contribution in [0.4, 0.5) is 5.69 Å². The topological polar surface area (TPSA) is 76.8 Å². The lowest BCUT2D eigenvalue weighted by molar-refractivity contribution is 0.415. The molecule has 0 fully saturated rings. The van der Waals surface area contributed by atoms with Crippen LogP contribution in [0.25, 0.3) is 11.7 Å². The highest BCUT2D eigenvalue weighted by atomic mass is 32.2. The zero-order valence-electron chi connectivity index (χ0n) is 16.3. The van der Waals surface area contributed by atoms with Crippen molar-refractivity contribution < 1.29 is 13.2 Å². The molecule has 0 unspecified atom stereocenters. The molecule has 8 heteroatoms. The van der Waals surface area contributed by atoms with Crippen molar-refractivity contribution in [2.45, 2.75) is 11.4 Å². The Balaban J connectivity index is 1.80. The van der Waals surface area contributed by atoms with E-state index in [1.165, 1.54) is 22.9 Å². The van der Waals surface area contributed by atoms with Gasteiger partial charge in [-0.05, 0) is 35.4 Å². The maximum Gasteiger partial charge on any atom is 0.266 e. The monoisotopic (exact) mass is 420 g/mol. The highest BCUT2D eigenvalue weighted by molar-refractivity contribution is 7.92. The van der Waals surface area contributed by atoms with E-state index < -0.39 is 10.0 Å². The molecular weight excluding hydrogens is 400 g/mol. The van der Waals surface area contributed by atoms with Crippen LogP contribution >= 0.6 is 0 Å². The van der Waals surface area contributed by atoms with Gasteiger partial charge in [-0.25, -0.2) is 8.42 Å². The minimum Gasteiger partial charge on any atom is -0.497 e. The average Bonchev–Trinajstić information content (AvgIpc) is 3.26. The molecule has 30 heavy (non-hydrogen) atoms. The van der Waals surface area contributed by atoms with Gasteiger partial charge in [-0.3, -0.25) is 8.71 Å². The molecule has 0 amide bonds. The number of pyridine rings is 1. The van der Waals surface area contributed by atoms with Gasteiger partial charge in [-0.1, -0.05) is 43.0 Å². The smallest absolute Gasteiger partial charge is 0.266 e. The minimum atomic E-state index is -3.88. The van der Waals surface area contributed by atoms with E-state index in [9.17, 15) is 8.42 Å². The first kappa shape index (κ1) is 19.7. The van der Waals surface area contributed by atoms with Crippen LogP contribution in [0.15, 0.2) is 84.7 Å². The number of benzene rings is 2. The van der Waals surface area contributed by atoms with Gasteiger partial charge in [0.25, 0.3) is 10.0 Å². The Morgan fingerprint density at radius 3 is 2.67 bits per heavy atom. The number of methoxy groups -OCH3 is 1. The molecule has 2 aromatic heterocycles. The highest BCUT2D eigenvalue weighted by Gasteiger charge is 2.26. The molecule has 0 bridgehead atoms. The first-order chi connectivity index (χ1) is 14.5. The van der Waals surface area contributed by atoms with Crippen LogP contribution in [-0.4, -0.2) is 30.1 Å². The predicted molar refractivity (Wildman–Crippen MR) is 116 cm³/mol. The second-order valence-corrected chi connectivity index (χ2v) is 8.48. The third-order valence-corrected chi connectivity index (χ3v) is 6.49. The molecule has 0 aliphatic rings. The third-order valence-electron chi connectivity index (χ3n) is 4.73. The van der Waals surface area contributed by atoms with Crippen LogP contribution in [-0.2, 0) is 16.6 Å². The fraction of sp³-hybridized carbons (Fsp3) is 0.0909. The van der Waals surface area contributed by atoms with Gasteiger partial charge in [0.2, 0.25) is 0 Å². The number of aromatic nitrogens is 3. The first-order valence-electron chi connectivity index (χ1n) is 9.19. The Labute approximate surface area is 174 Å². The summed E-state index contributed by atoms with van der Waals surface area (Å²) in [6.07, 6.45) is 4.73. The molecule has 0 N–H and O–H groups in total. The van der Waals surface area contributed by atoms with Crippen molar-refractivity contribution in [3.63, 3.8) is 0 Å². The number of hydrogen-bond acceptors (Lipinski definition) is 5. The van der Waals surface area contributed by atoms with Crippen LogP contribution < -0.4 is 9.04 Å². The van der Waals surface area contributed by atoms with Crippen molar-refractivity contribution in [2.75, 3.05) is 11.4 Å². The number of hydrogen-bond donors (Lipinski definition) is 0. The standard InChI is InChI=1S/C22H20N4O3S/c1-3-17-7-9-18(10-8-17)14-26(19-5-4-6-20(13-19)29-2)30(27,28)21-11-12-22-24-23-16-25(22)15-21/h3-13,15-16H,1,14H2,2H3. The highest BCUT2D eigenvalue weighted by Crippen LogP contribution is 2.29. The largest absolute Gasteiger partial charge is 0.497 e. The van der Waals surface area contributed by atoms with Crippen LogP contribution in [0.5, 0.6) is 5.75 Å². The number of ether oxygens (including phenoxy) is 1.